The maximum Gasteiger partial charge on any atom is 0.293 e. The van der Waals surface area contributed by atoms with Crippen LogP contribution in [0.4, 0.5) is 5.82 Å². The molecular formula is C14H22ClN3O. The van der Waals surface area contributed by atoms with E-state index in [4.69, 9.17) is 11.6 Å². The highest BCUT2D eigenvalue weighted by atomic mass is 35.5. The van der Waals surface area contributed by atoms with Gasteiger partial charge in [0.05, 0.1) is 0 Å². The minimum atomic E-state index is 0.0296. The van der Waals surface area contributed by atoms with Crippen molar-refractivity contribution in [2.45, 2.75) is 51.6 Å². The molecule has 106 valence electrons. The third-order valence-corrected chi connectivity index (χ3v) is 3.94. The smallest absolute Gasteiger partial charge is 0.293 e. The third-order valence-electron chi connectivity index (χ3n) is 3.77. The van der Waals surface area contributed by atoms with Crippen LogP contribution in [0, 0.1) is 0 Å². The highest BCUT2D eigenvalue weighted by Crippen LogP contribution is 2.33. The Morgan fingerprint density at radius 2 is 2.16 bits per heavy atom. The van der Waals surface area contributed by atoms with Crippen molar-refractivity contribution in [3.63, 3.8) is 0 Å². The number of anilines is 1. The quantitative estimate of drug-likeness (QED) is 0.722. The van der Waals surface area contributed by atoms with E-state index in [1.807, 2.05) is 4.57 Å². The molecule has 0 saturated heterocycles. The molecule has 1 aliphatic carbocycles. The van der Waals surface area contributed by atoms with Crippen LogP contribution in [0.1, 0.15) is 45.6 Å². The summed E-state index contributed by atoms with van der Waals surface area (Å²) in [6, 6.07) is 0.711. The van der Waals surface area contributed by atoms with Crippen molar-refractivity contribution in [1.29, 1.82) is 0 Å². The number of alkyl halides is 1. The summed E-state index contributed by atoms with van der Waals surface area (Å²) in [5.41, 5.74) is 0.0296. The molecular weight excluding hydrogens is 262 g/mol. The van der Waals surface area contributed by atoms with Crippen LogP contribution in [0.2, 0.25) is 0 Å². The predicted molar refractivity (Wildman–Crippen MR) is 79.2 cm³/mol. The van der Waals surface area contributed by atoms with Gasteiger partial charge in [0.2, 0.25) is 0 Å². The van der Waals surface area contributed by atoms with Gasteiger partial charge in [0.1, 0.15) is 0 Å². The molecule has 0 aliphatic heterocycles. The topological polar surface area (TPSA) is 38.1 Å². The van der Waals surface area contributed by atoms with Gasteiger partial charge in [0.25, 0.3) is 5.56 Å². The average molecular weight is 284 g/mol. The molecule has 5 heteroatoms. The summed E-state index contributed by atoms with van der Waals surface area (Å²) in [5, 5.41) is 0. The van der Waals surface area contributed by atoms with Gasteiger partial charge in [-0.15, -0.1) is 11.6 Å². The van der Waals surface area contributed by atoms with Gasteiger partial charge in [-0.3, -0.25) is 4.79 Å². The fourth-order valence-corrected chi connectivity index (χ4v) is 2.72. The highest BCUT2D eigenvalue weighted by Gasteiger charge is 2.27. The van der Waals surface area contributed by atoms with Crippen molar-refractivity contribution >= 4 is 17.4 Å². The maximum atomic E-state index is 12.5. The first-order valence-electron chi connectivity index (χ1n) is 7.12. The Hall–Kier alpha value is -1.03. The molecule has 0 amide bonds. The minimum absolute atomic E-state index is 0.0296. The number of aromatic nitrogens is 2. The Balaban J connectivity index is 2.35. The Bertz CT molecular complexity index is 466. The van der Waals surface area contributed by atoms with Crippen LogP contribution in [-0.2, 0) is 0 Å². The van der Waals surface area contributed by atoms with Crippen LogP contribution < -0.4 is 10.5 Å². The maximum absolute atomic E-state index is 12.5. The van der Waals surface area contributed by atoms with Gasteiger partial charge in [-0.25, -0.2) is 4.98 Å². The first kappa shape index (κ1) is 14.4. The van der Waals surface area contributed by atoms with Gasteiger partial charge in [0, 0.05) is 36.9 Å². The van der Waals surface area contributed by atoms with Crippen LogP contribution in [-0.4, -0.2) is 28.0 Å². The van der Waals surface area contributed by atoms with E-state index in [0.29, 0.717) is 30.3 Å². The van der Waals surface area contributed by atoms with E-state index in [-0.39, 0.29) is 5.56 Å². The molecule has 0 aromatic carbocycles. The highest BCUT2D eigenvalue weighted by molar-refractivity contribution is 6.18. The fourth-order valence-electron chi connectivity index (χ4n) is 2.53. The molecule has 0 unspecified atom stereocenters. The van der Waals surface area contributed by atoms with Gasteiger partial charge >= 0.3 is 0 Å². The lowest BCUT2D eigenvalue weighted by Gasteiger charge is -2.30. The van der Waals surface area contributed by atoms with E-state index in [0.717, 1.165) is 25.7 Å². The predicted octanol–water partition coefficient (Wildman–Crippen LogP) is 2.81. The standard InChI is InChI=1S/C14H22ClN3O/c1-3-11(4-2)17(9-7-15)13-14(19)18(10-8-16-13)12-5-6-12/h8,10-12H,3-7,9H2,1-2H3. The largest absolute Gasteiger partial charge is 0.348 e. The van der Waals surface area contributed by atoms with Gasteiger partial charge in [-0.2, -0.15) is 0 Å². The second-order valence-electron chi connectivity index (χ2n) is 5.05. The molecule has 0 spiro atoms. The van der Waals surface area contributed by atoms with Crippen LogP contribution in [0.25, 0.3) is 0 Å². The summed E-state index contributed by atoms with van der Waals surface area (Å²) in [7, 11) is 0. The van der Waals surface area contributed by atoms with Gasteiger partial charge in [0.15, 0.2) is 5.82 Å². The van der Waals surface area contributed by atoms with Gasteiger partial charge in [-0.1, -0.05) is 13.8 Å². The monoisotopic (exact) mass is 283 g/mol. The lowest BCUT2D eigenvalue weighted by Crippen LogP contribution is -2.41. The molecule has 1 fully saturated rings. The Labute approximate surface area is 119 Å². The molecule has 1 heterocycles. The summed E-state index contributed by atoms with van der Waals surface area (Å²) in [5.74, 6) is 1.07. The van der Waals surface area contributed by atoms with Crippen LogP contribution in [0.5, 0.6) is 0 Å². The molecule has 1 aliphatic rings. The third kappa shape index (κ3) is 3.11. The van der Waals surface area contributed by atoms with E-state index < -0.39 is 0 Å². The number of nitrogens with zero attached hydrogens (tertiary/aromatic N) is 3. The lowest BCUT2D eigenvalue weighted by molar-refractivity contribution is 0.554. The Morgan fingerprint density at radius 1 is 1.47 bits per heavy atom. The second kappa shape index (κ2) is 6.42. The van der Waals surface area contributed by atoms with Crippen molar-refractivity contribution < 1.29 is 0 Å². The van der Waals surface area contributed by atoms with Crippen LogP contribution in [0.15, 0.2) is 17.2 Å². The van der Waals surface area contributed by atoms with E-state index in [2.05, 4.69) is 23.7 Å². The fraction of sp³-hybridized carbons (Fsp3) is 0.714. The first-order chi connectivity index (χ1) is 9.22. The molecule has 1 aromatic heterocycles. The van der Waals surface area contributed by atoms with E-state index in [1.54, 1.807) is 12.4 Å². The summed E-state index contributed by atoms with van der Waals surface area (Å²) in [6.07, 6.45) is 7.72. The van der Waals surface area contributed by atoms with E-state index in [9.17, 15) is 4.79 Å². The van der Waals surface area contributed by atoms with E-state index in [1.165, 1.54) is 0 Å². The number of hydrogen-bond donors (Lipinski definition) is 0. The molecule has 0 bridgehead atoms. The number of halogens is 1. The van der Waals surface area contributed by atoms with Crippen molar-refractivity contribution in [3.05, 3.63) is 22.7 Å². The first-order valence-corrected chi connectivity index (χ1v) is 7.66. The molecule has 1 saturated carbocycles. The van der Waals surface area contributed by atoms with Gasteiger partial charge in [-0.05, 0) is 25.7 Å². The zero-order valence-corrected chi connectivity index (χ0v) is 12.4. The molecule has 1 aromatic rings. The van der Waals surface area contributed by atoms with Crippen LogP contribution in [0.3, 0.4) is 0 Å². The molecule has 2 rings (SSSR count). The zero-order valence-electron chi connectivity index (χ0n) is 11.7. The number of rotatable bonds is 7. The molecule has 0 radical (unpaired) electrons. The summed E-state index contributed by atoms with van der Waals surface area (Å²) >= 11 is 5.89. The zero-order chi connectivity index (χ0) is 13.8. The van der Waals surface area contributed by atoms with Gasteiger partial charge < -0.3 is 9.47 Å². The molecule has 4 nitrogen and oxygen atoms in total. The second-order valence-corrected chi connectivity index (χ2v) is 5.43. The SMILES string of the molecule is CCC(CC)N(CCCl)c1nccn(C2CC2)c1=O. The number of hydrogen-bond acceptors (Lipinski definition) is 3. The van der Waals surface area contributed by atoms with Crippen molar-refractivity contribution in [3.8, 4) is 0 Å². The minimum Gasteiger partial charge on any atom is -0.348 e. The Kier molecular flexibility index (Phi) is 4.86. The average Bonchev–Trinajstić information content (AvgIpc) is 3.24. The summed E-state index contributed by atoms with van der Waals surface area (Å²) in [6.45, 7) is 4.94. The normalized spacial score (nSPS) is 14.9. The molecule has 0 N–H and O–H groups in total. The van der Waals surface area contributed by atoms with Crippen molar-refractivity contribution in [2.24, 2.45) is 0 Å². The summed E-state index contributed by atoms with van der Waals surface area (Å²) < 4.78 is 1.83. The van der Waals surface area contributed by atoms with Crippen LogP contribution >= 0.6 is 11.6 Å². The van der Waals surface area contributed by atoms with Crippen molar-refractivity contribution in [1.82, 2.24) is 9.55 Å². The molecule has 19 heavy (non-hydrogen) atoms. The Morgan fingerprint density at radius 3 is 2.68 bits per heavy atom. The molecule has 0 atom stereocenters. The summed E-state index contributed by atoms with van der Waals surface area (Å²) in [4.78, 5) is 18.9. The van der Waals surface area contributed by atoms with Crippen molar-refractivity contribution in [2.75, 3.05) is 17.3 Å². The van der Waals surface area contributed by atoms with E-state index >= 15 is 0 Å². The lowest BCUT2D eigenvalue weighted by atomic mass is 10.1.